The minimum absolute atomic E-state index is 0.114. The van der Waals surface area contributed by atoms with E-state index in [-0.39, 0.29) is 40.7 Å². The van der Waals surface area contributed by atoms with Crippen LogP contribution in [-0.2, 0) is 24.0 Å². The monoisotopic (exact) mass is 464 g/mol. The van der Waals surface area contributed by atoms with Gasteiger partial charge in [-0.3, -0.25) is 19.2 Å². The fraction of sp³-hybridized carbons (Fsp3) is 0.222. The van der Waals surface area contributed by atoms with E-state index in [2.05, 4.69) is 31.4 Å². The van der Waals surface area contributed by atoms with Crippen LogP contribution in [0.4, 0.5) is 16.5 Å². The molecule has 162 valence electrons. The molecule has 1 saturated heterocycles. The number of β-lactam (4-membered cyclic amide) rings is 1. The zero-order valence-corrected chi connectivity index (χ0v) is 17.7. The smallest absolute Gasteiger partial charge is 0.280 e. The Labute approximate surface area is 185 Å². The molecule has 4 N–H and O–H groups in total. The predicted molar refractivity (Wildman–Crippen MR) is 115 cm³/mol. The second kappa shape index (κ2) is 10.00. The number of benzene rings is 1. The molecule has 13 heteroatoms. The molecule has 1 fully saturated rings. The number of anilines is 3. The first kappa shape index (κ1) is 22.2. The maximum atomic E-state index is 12.7. The second-order valence-corrected chi connectivity index (χ2v) is 7.32. The highest BCUT2D eigenvalue weighted by molar-refractivity contribution is 7.14. The molecule has 0 bridgehead atoms. The van der Waals surface area contributed by atoms with Crippen LogP contribution in [0.1, 0.15) is 12.1 Å². The van der Waals surface area contributed by atoms with Gasteiger partial charge in [-0.25, -0.2) is 4.98 Å². The van der Waals surface area contributed by atoms with Crippen LogP contribution in [0.25, 0.3) is 0 Å². The summed E-state index contributed by atoms with van der Waals surface area (Å²) in [6, 6.07) is 5.89. The summed E-state index contributed by atoms with van der Waals surface area (Å²) in [5.74, 6) is -1.80. The van der Waals surface area contributed by atoms with Crippen LogP contribution < -0.4 is 21.3 Å². The number of alkyl halides is 1. The average Bonchev–Trinajstić information content (AvgIpc) is 3.17. The molecule has 3 rings (SSSR count). The van der Waals surface area contributed by atoms with Gasteiger partial charge in [0, 0.05) is 16.8 Å². The first-order valence-corrected chi connectivity index (χ1v) is 10.3. The number of rotatable bonds is 8. The maximum Gasteiger partial charge on any atom is 0.280 e. The maximum absolute atomic E-state index is 12.7. The molecule has 1 aliphatic rings. The van der Waals surface area contributed by atoms with Crippen molar-refractivity contribution in [3.63, 3.8) is 0 Å². The Balaban J connectivity index is 1.68. The Morgan fingerprint density at radius 2 is 2.00 bits per heavy atom. The zero-order valence-electron chi connectivity index (χ0n) is 16.1. The third-order valence-corrected chi connectivity index (χ3v) is 4.94. The zero-order chi connectivity index (χ0) is 22.4. The van der Waals surface area contributed by atoms with Crippen molar-refractivity contribution in [1.29, 1.82) is 0 Å². The number of nitrogens with one attached hydrogen (secondary N) is 4. The number of amides is 4. The molecule has 1 aromatic carbocycles. The molecule has 0 spiro atoms. The van der Waals surface area contributed by atoms with E-state index in [4.69, 9.17) is 16.4 Å². The van der Waals surface area contributed by atoms with E-state index in [9.17, 15) is 19.2 Å². The summed E-state index contributed by atoms with van der Waals surface area (Å²) in [4.78, 5) is 56.0. The quantitative estimate of drug-likeness (QED) is 0.199. The van der Waals surface area contributed by atoms with Crippen LogP contribution in [0.2, 0.25) is 0 Å². The van der Waals surface area contributed by atoms with E-state index >= 15 is 0 Å². The second-order valence-electron chi connectivity index (χ2n) is 6.19. The molecule has 2 heterocycles. The Hall–Kier alpha value is -3.51. The van der Waals surface area contributed by atoms with Crippen molar-refractivity contribution < 1.29 is 24.0 Å². The summed E-state index contributed by atoms with van der Waals surface area (Å²) in [6.07, 6.45) is 0.139. The van der Waals surface area contributed by atoms with Gasteiger partial charge in [0.15, 0.2) is 10.8 Å². The SMILES string of the molecule is CON=C(C(=O)Nc1cccc(NC(=O)C2CC(=O)N2)c1)c1csc(NC(=O)CCl)n1. The van der Waals surface area contributed by atoms with Gasteiger partial charge in [0.2, 0.25) is 17.7 Å². The number of carbonyl (C=O) groups excluding carboxylic acids is 4. The number of thiazole rings is 1. The van der Waals surface area contributed by atoms with Gasteiger partial charge in [-0.15, -0.1) is 22.9 Å². The van der Waals surface area contributed by atoms with Gasteiger partial charge in [-0.1, -0.05) is 11.2 Å². The molecule has 0 saturated carbocycles. The molecule has 31 heavy (non-hydrogen) atoms. The summed E-state index contributed by atoms with van der Waals surface area (Å²) < 4.78 is 0. The molecular weight excluding hydrogens is 448 g/mol. The van der Waals surface area contributed by atoms with Gasteiger partial charge in [-0.2, -0.15) is 0 Å². The van der Waals surface area contributed by atoms with Crippen molar-refractivity contribution in [3.05, 3.63) is 35.3 Å². The summed E-state index contributed by atoms with van der Waals surface area (Å²) in [7, 11) is 1.28. The molecule has 4 amide bonds. The van der Waals surface area contributed by atoms with Crippen molar-refractivity contribution in [3.8, 4) is 0 Å². The van der Waals surface area contributed by atoms with E-state index in [1.54, 1.807) is 24.3 Å². The Morgan fingerprint density at radius 3 is 2.65 bits per heavy atom. The van der Waals surface area contributed by atoms with Crippen LogP contribution in [0.5, 0.6) is 0 Å². The van der Waals surface area contributed by atoms with Crippen molar-refractivity contribution >= 4 is 68.8 Å². The minimum Gasteiger partial charge on any atom is -0.398 e. The highest BCUT2D eigenvalue weighted by Crippen LogP contribution is 2.19. The van der Waals surface area contributed by atoms with Crippen LogP contribution in [0.3, 0.4) is 0 Å². The standard InChI is InChI=1S/C18H17ClN6O5S/c1-30-25-15(12-8-31-18(23-12)24-14(27)7-19)17(29)21-10-4-2-3-9(5-10)20-16(28)11-6-13(26)22-11/h2-5,8,11H,6-7H2,1H3,(H,20,28)(H,21,29)(H,22,26)(H,23,24,27). The van der Waals surface area contributed by atoms with E-state index < -0.39 is 17.9 Å². The van der Waals surface area contributed by atoms with Gasteiger partial charge in [-0.05, 0) is 18.2 Å². The average molecular weight is 465 g/mol. The van der Waals surface area contributed by atoms with Crippen LogP contribution in [0.15, 0.2) is 34.8 Å². The van der Waals surface area contributed by atoms with Gasteiger partial charge in [0.1, 0.15) is 24.7 Å². The Kier molecular flexibility index (Phi) is 7.15. The molecule has 1 aromatic heterocycles. The van der Waals surface area contributed by atoms with Gasteiger partial charge in [0.05, 0.1) is 6.42 Å². The molecule has 2 aromatic rings. The summed E-state index contributed by atoms with van der Waals surface area (Å²) in [6.45, 7) is 0. The molecule has 1 aliphatic heterocycles. The summed E-state index contributed by atoms with van der Waals surface area (Å²) >= 11 is 6.55. The largest absolute Gasteiger partial charge is 0.398 e. The predicted octanol–water partition coefficient (Wildman–Crippen LogP) is 1.14. The number of halogens is 1. The minimum atomic E-state index is -0.614. The van der Waals surface area contributed by atoms with Crippen molar-refractivity contribution in [2.45, 2.75) is 12.5 Å². The third-order valence-electron chi connectivity index (χ3n) is 3.94. The van der Waals surface area contributed by atoms with Crippen LogP contribution in [-0.4, -0.2) is 53.4 Å². The molecule has 0 radical (unpaired) electrons. The van der Waals surface area contributed by atoms with Gasteiger partial charge in [0.25, 0.3) is 5.91 Å². The van der Waals surface area contributed by atoms with Crippen LogP contribution >= 0.6 is 22.9 Å². The molecule has 1 atom stereocenters. The summed E-state index contributed by atoms with van der Waals surface area (Å²) in [5, 5.41) is 15.8. The highest BCUT2D eigenvalue weighted by Gasteiger charge is 2.31. The topological polar surface area (TPSA) is 151 Å². The Morgan fingerprint density at radius 1 is 1.29 bits per heavy atom. The number of hydrogen-bond donors (Lipinski definition) is 4. The summed E-state index contributed by atoms with van der Waals surface area (Å²) in [5.41, 5.74) is 0.903. The number of nitrogens with zero attached hydrogens (tertiary/aromatic N) is 2. The molecule has 1 unspecified atom stereocenters. The molecule has 11 nitrogen and oxygen atoms in total. The lowest BCUT2D eigenvalue weighted by molar-refractivity contribution is -0.134. The number of aromatic nitrogens is 1. The molecular formula is C18H17ClN6O5S. The normalized spacial score (nSPS) is 15.4. The van der Waals surface area contributed by atoms with Crippen molar-refractivity contribution in [1.82, 2.24) is 10.3 Å². The molecule has 0 aliphatic carbocycles. The van der Waals surface area contributed by atoms with Crippen molar-refractivity contribution in [2.24, 2.45) is 5.16 Å². The lowest BCUT2D eigenvalue weighted by Crippen LogP contribution is -2.55. The van der Waals surface area contributed by atoms with Crippen LogP contribution in [0, 0.1) is 0 Å². The first-order valence-electron chi connectivity index (χ1n) is 8.84. The van der Waals surface area contributed by atoms with E-state index in [1.165, 1.54) is 12.5 Å². The number of hydrogen-bond acceptors (Lipinski definition) is 8. The van der Waals surface area contributed by atoms with E-state index in [0.717, 1.165) is 11.3 Å². The van der Waals surface area contributed by atoms with Crippen molar-refractivity contribution in [2.75, 3.05) is 28.9 Å². The van der Waals surface area contributed by atoms with E-state index in [1.807, 2.05) is 0 Å². The number of oxime groups is 1. The number of carbonyl (C=O) groups is 4. The highest BCUT2D eigenvalue weighted by atomic mass is 35.5. The first-order chi connectivity index (χ1) is 14.9. The third kappa shape index (κ3) is 5.77. The van der Waals surface area contributed by atoms with E-state index in [0.29, 0.717) is 11.4 Å². The fourth-order valence-electron chi connectivity index (χ4n) is 2.50. The lowest BCUT2D eigenvalue weighted by Gasteiger charge is -2.25. The van der Waals surface area contributed by atoms with Gasteiger partial charge >= 0.3 is 0 Å². The van der Waals surface area contributed by atoms with Gasteiger partial charge < -0.3 is 26.1 Å². The Bertz CT molecular complexity index is 1050. The fourth-order valence-corrected chi connectivity index (χ4v) is 3.28. The lowest BCUT2D eigenvalue weighted by atomic mass is 10.1.